The number of thiazole rings is 1. The van der Waals surface area contributed by atoms with Crippen LogP contribution in [0.15, 0.2) is 36.5 Å². The van der Waals surface area contributed by atoms with E-state index < -0.39 is 0 Å². The van der Waals surface area contributed by atoms with Gasteiger partial charge in [0.25, 0.3) is 0 Å². The Morgan fingerprint density at radius 3 is 2.87 bits per heavy atom. The second-order valence-corrected chi connectivity index (χ2v) is 7.80. The third-order valence-electron chi connectivity index (χ3n) is 4.83. The molecule has 1 saturated heterocycles. The molecule has 0 saturated carbocycles. The Hall–Kier alpha value is -1.65. The van der Waals surface area contributed by atoms with E-state index in [0.717, 1.165) is 23.1 Å². The van der Waals surface area contributed by atoms with E-state index in [9.17, 15) is 0 Å². The first kappa shape index (κ1) is 14.9. The molecule has 3 aromatic rings. The first-order chi connectivity index (χ1) is 11.2. The molecule has 0 aliphatic carbocycles. The van der Waals surface area contributed by atoms with Gasteiger partial charge in [-0.25, -0.2) is 4.98 Å². The summed E-state index contributed by atoms with van der Waals surface area (Å²) in [5.41, 5.74) is 3.74. The molecule has 1 aromatic carbocycles. The molecule has 120 valence electrons. The number of fused-ring (bicyclic) bond motifs is 1. The first-order valence-electron chi connectivity index (χ1n) is 8.45. The van der Waals surface area contributed by atoms with Crippen molar-refractivity contribution < 1.29 is 0 Å². The fraction of sp³-hybridized carbons (Fsp3) is 0.421. The molecule has 0 radical (unpaired) electrons. The lowest BCUT2D eigenvalue weighted by Crippen LogP contribution is -2.32. The molecule has 0 bridgehead atoms. The summed E-state index contributed by atoms with van der Waals surface area (Å²) in [7, 11) is 0. The quantitative estimate of drug-likeness (QED) is 0.700. The van der Waals surface area contributed by atoms with E-state index in [-0.39, 0.29) is 0 Å². The topological polar surface area (TPSA) is 21.1 Å². The summed E-state index contributed by atoms with van der Waals surface area (Å²) >= 11 is 1.78. The molecule has 1 fully saturated rings. The zero-order valence-electron chi connectivity index (χ0n) is 13.8. The van der Waals surface area contributed by atoms with E-state index in [2.05, 4.69) is 59.8 Å². The highest BCUT2D eigenvalue weighted by molar-refractivity contribution is 7.20. The maximum Gasteiger partial charge on any atom is 0.194 e. The van der Waals surface area contributed by atoms with Gasteiger partial charge in [-0.05, 0) is 68.6 Å². The van der Waals surface area contributed by atoms with Crippen molar-refractivity contribution in [2.45, 2.75) is 33.2 Å². The molecule has 3 heterocycles. The molecule has 1 aliphatic heterocycles. The maximum atomic E-state index is 4.83. The summed E-state index contributed by atoms with van der Waals surface area (Å²) in [5, 5.41) is 1.08. The minimum atomic E-state index is 0.880. The van der Waals surface area contributed by atoms with Crippen molar-refractivity contribution in [3.05, 3.63) is 47.8 Å². The lowest BCUT2D eigenvalue weighted by Gasteiger charge is -2.30. The lowest BCUT2D eigenvalue weighted by molar-refractivity contribution is 0.182. The van der Waals surface area contributed by atoms with Gasteiger partial charge >= 0.3 is 0 Å². The molecule has 0 unspecified atom stereocenters. The molecule has 0 spiro atoms. The van der Waals surface area contributed by atoms with Crippen LogP contribution in [0.1, 0.15) is 31.0 Å². The maximum absolute atomic E-state index is 4.83. The van der Waals surface area contributed by atoms with E-state index in [1.807, 2.05) is 0 Å². The van der Waals surface area contributed by atoms with Crippen LogP contribution >= 0.6 is 11.3 Å². The summed E-state index contributed by atoms with van der Waals surface area (Å²) in [6, 6.07) is 10.9. The molecule has 0 amide bonds. The Bertz CT molecular complexity index is 809. The van der Waals surface area contributed by atoms with Crippen molar-refractivity contribution in [3.63, 3.8) is 0 Å². The highest BCUT2D eigenvalue weighted by Gasteiger charge is 2.17. The van der Waals surface area contributed by atoms with Crippen molar-refractivity contribution in [2.24, 2.45) is 5.92 Å². The standard InChI is InChI=1S/C19H23N3S/c1-14-7-10-21(11-8-14)13-16-4-3-9-22(16)19-20-17-6-5-15(2)12-18(17)23-19/h3-6,9,12,14H,7-8,10-11,13H2,1-2H3. The summed E-state index contributed by atoms with van der Waals surface area (Å²) in [4.78, 5) is 7.40. The van der Waals surface area contributed by atoms with Gasteiger partial charge in [-0.2, -0.15) is 0 Å². The van der Waals surface area contributed by atoms with Crippen LogP contribution in [0, 0.1) is 12.8 Å². The zero-order valence-corrected chi connectivity index (χ0v) is 14.6. The predicted molar refractivity (Wildman–Crippen MR) is 97.4 cm³/mol. The minimum absolute atomic E-state index is 0.880. The van der Waals surface area contributed by atoms with Crippen molar-refractivity contribution in [2.75, 3.05) is 13.1 Å². The minimum Gasteiger partial charge on any atom is -0.298 e. The Morgan fingerprint density at radius 1 is 1.22 bits per heavy atom. The lowest BCUT2D eigenvalue weighted by atomic mass is 9.99. The van der Waals surface area contributed by atoms with Crippen LogP contribution in [0.3, 0.4) is 0 Å². The number of hydrogen-bond donors (Lipinski definition) is 0. The molecule has 4 rings (SSSR count). The van der Waals surface area contributed by atoms with E-state index >= 15 is 0 Å². The average Bonchev–Trinajstić information content (AvgIpc) is 3.15. The smallest absolute Gasteiger partial charge is 0.194 e. The van der Waals surface area contributed by atoms with Crippen LogP contribution < -0.4 is 0 Å². The summed E-state index contributed by atoms with van der Waals surface area (Å²) in [6.45, 7) is 7.95. The number of piperidine rings is 1. The second-order valence-electron chi connectivity index (χ2n) is 6.80. The Labute approximate surface area is 141 Å². The number of aromatic nitrogens is 2. The molecular weight excluding hydrogens is 302 g/mol. The highest BCUT2D eigenvalue weighted by atomic mass is 32.1. The van der Waals surface area contributed by atoms with Crippen molar-refractivity contribution in [3.8, 4) is 5.13 Å². The number of rotatable bonds is 3. The van der Waals surface area contributed by atoms with E-state index in [0.29, 0.717) is 0 Å². The van der Waals surface area contributed by atoms with Crippen LogP contribution in [0.4, 0.5) is 0 Å². The first-order valence-corrected chi connectivity index (χ1v) is 9.27. The van der Waals surface area contributed by atoms with E-state index in [1.54, 1.807) is 11.3 Å². The molecule has 23 heavy (non-hydrogen) atoms. The average molecular weight is 325 g/mol. The molecular formula is C19H23N3S. The van der Waals surface area contributed by atoms with Crippen LogP contribution in [-0.2, 0) is 6.54 Å². The van der Waals surface area contributed by atoms with Gasteiger partial charge < -0.3 is 0 Å². The highest BCUT2D eigenvalue weighted by Crippen LogP contribution is 2.27. The van der Waals surface area contributed by atoms with Gasteiger partial charge in [-0.15, -0.1) is 0 Å². The van der Waals surface area contributed by atoms with Crippen molar-refractivity contribution in [1.82, 2.24) is 14.5 Å². The monoisotopic (exact) mass is 325 g/mol. The molecule has 3 nitrogen and oxygen atoms in total. The van der Waals surface area contributed by atoms with E-state index in [1.165, 1.54) is 41.9 Å². The Morgan fingerprint density at radius 2 is 2.04 bits per heavy atom. The van der Waals surface area contributed by atoms with Crippen LogP contribution in [0.5, 0.6) is 0 Å². The number of hydrogen-bond acceptors (Lipinski definition) is 3. The SMILES string of the molecule is Cc1ccc2nc(-n3cccc3CN3CCC(C)CC3)sc2c1. The second kappa shape index (κ2) is 6.10. The third kappa shape index (κ3) is 3.06. The van der Waals surface area contributed by atoms with Gasteiger partial charge in [-0.1, -0.05) is 24.3 Å². The fourth-order valence-corrected chi connectivity index (χ4v) is 4.38. The van der Waals surface area contributed by atoms with Crippen LogP contribution in [-0.4, -0.2) is 27.5 Å². The molecule has 0 N–H and O–H groups in total. The molecule has 0 atom stereocenters. The largest absolute Gasteiger partial charge is 0.298 e. The van der Waals surface area contributed by atoms with Gasteiger partial charge in [0, 0.05) is 18.4 Å². The number of nitrogens with zero attached hydrogens (tertiary/aromatic N) is 3. The summed E-state index contributed by atoms with van der Waals surface area (Å²) in [6.07, 6.45) is 4.79. The summed E-state index contributed by atoms with van der Waals surface area (Å²) in [5.74, 6) is 0.880. The fourth-order valence-electron chi connectivity index (χ4n) is 3.30. The summed E-state index contributed by atoms with van der Waals surface area (Å²) < 4.78 is 3.53. The molecule has 2 aromatic heterocycles. The molecule has 4 heteroatoms. The van der Waals surface area contributed by atoms with Gasteiger partial charge in [-0.3, -0.25) is 9.47 Å². The normalized spacial score (nSPS) is 17.1. The number of likely N-dealkylation sites (tertiary alicyclic amines) is 1. The zero-order chi connectivity index (χ0) is 15.8. The van der Waals surface area contributed by atoms with Gasteiger partial charge in [0.2, 0.25) is 0 Å². The van der Waals surface area contributed by atoms with Crippen LogP contribution in [0.2, 0.25) is 0 Å². The number of aryl methyl sites for hydroxylation is 1. The predicted octanol–water partition coefficient (Wildman–Crippen LogP) is 4.63. The Balaban J connectivity index is 1.60. The van der Waals surface area contributed by atoms with Crippen LogP contribution in [0.25, 0.3) is 15.3 Å². The van der Waals surface area contributed by atoms with Gasteiger partial charge in [0.1, 0.15) is 0 Å². The number of benzene rings is 1. The van der Waals surface area contributed by atoms with Gasteiger partial charge in [0.05, 0.1) is 10.2 Å². The Kier molecular flexibility index (Phi) is 3.95. The molecule has 1 aliphatic rings. The third-order valence-corrected chi connectivity index (χ3v) is 5.85. The van der Waals surface area contributed by atoms with Crippen molar-refractivity contribution >= 4 is 21.6 Å². The van der Waals surface area contributed by atoms with E-state index in [4.69, 9.17) is 4.98 Å². The van der Waals surface area contributed by atoms with Crippen molar-refractivity contribution in [1.29, 1.82) is 0 Å². The van der Waals surface area contributed by atoms with Gasteiger partial charge in [0.15, 0.2) is 5.13 Å².